The van der Waals surface area contributed by atoms with Gasteiger partial charge >= 0.3 is 40.9 Å². The molecule has 0 bridgehead atoms. The summed E-state index contributed by atoms with van der Waals surface area (Å²) in [6, 6.07) is 32.8. The van der Waals surface area contributed by atoms with Crippen molar-refractivity contribution in [3.05, 3.63) is 196 Å². The van der Waals surface area contributed by atoms with E-state index in [0.29, 0.717) is 56.7 Å². The molecule has 0 aromatic heterocycles. The van der Waals surface area contributed by atoms with Gasteiger partial charge in [0.1, 0.15) is 29.9 Å². The summed E-state index contributed by atoms with van der Waals surface area (Å²) in [6.07, 6.45) is 17.0. The first-order valence-electron chi connectivity index (χ1n) is 37.7. The summed E-state index contributed by atoms with van der Waals surface area (Å²) < 4.78 is 105. The van der Waals surface area contributed by atoms with Crippen LogP contribution in [0.25, 0.3) is 0 Å². The summed E-state index contributed by atoms with van der Waals surface area (Å²) >= 11 is 0. The van der Waals surface area contributed by atoms with Gasteiger partial charge in [-0.3, -0.25) is 33.1 Å². The number of fused-ring (bicyclic) bond motifs is 2. The third kappa shape index (κ3) is 30.1. The molecular weight excluding hydrogens is 1550 g/mol. The van der Waals surface area contributed by atoms with Gasteiger partial charge in [-0.1, -0.05) is 119 Å². The summed E-state index contributed by atoms with van der Waals surface area (Å²) in [5.74, 6) is -3.26. The highest BCUT2D eigenvalue weighted by molar-refractivity contribution is 7.86. The number of unbranched alkanes of at least 4 members (excludes halogenated alkanes) is 4. The molecule has 1 aliphatic carbocycles. The summed E-state index contributed by atoms with van der Waals surface area (Å²) in [5.41, 5.74) is 8.30. The SMILES string of the molecule is CCCCC[N+]1=C(/C=C/C2=C(Oc3ccc(CCNC(=O)[C@@H](CC(=O)[C@H](Cc4ccccc4)NC(=O)CCCCC(=O)CCCNC(=O)N[C@H](CCC(=O)O)C(=O)O)Cc4ccccc4)cc3)C(=C/C=C3/N(CCCC)c4ccc(S(=O)(=O)O)cc4C3(C)C)/CCC2)C(C)(C)c2cc(S(=O)(=O)O)ccc21.O=C=O.O=C=O.O=S(=O)=O. The van der Waals surface area contributed by atoms with Crippen LogP contribution in [0, 0.1) is 5.92 Å². The van der Waals surface area contributed by atoms with Crippen LogP contribution in [0.4, 0.5) is 16.2 Å². The number of ketones is 2. The standard InChI is InChI=1S/C81H100N6O16S2.2CO2.O3S/c1-7-9-19-49-87-70-41-38-64(105(100,101)102)54-66(70)81(5,6)73(87)43-34-59-27-20-26-58(33-42-72-80(3,4)65-53-63(104(97,98)99)37-40-69(65)86(72)48-10-8-2)76(59)103-62-35-31-55(32-36-62)45-47-82-77(93)60(50-56-22-13-11-14-23-56)52-71(89)68(51-57-24-15-12-16-25-57)84-74(90)30-18-17-28-61(88)29-21-46-83-79(96)85-67(78(94)95)39-44-75(91)92;2*2-1-3;1-4(2)3/h11-16,22-25,31-38,40-43,53-54,60,67-68H,7-10,17-21,26-30,39,44-52H2,1-6H3,(H7-,82,83,84,85,90,91,92,93,94,95,96,97,98,99,100,101,102);;;/p+1/t60-,67-,68+;;;/m1.../s1. The van der Waals surface area contributed by atoms with Crippen molar-refractivity contribution in [2.75, 3.05) is 31.1 Å². The monoisotopic (exact) mass is 1650 g/mol. The first-order chi connectivity index (χ1) is 54.5. The number of carboxylic acid groups (broad SMARTS) is 2. The molecule has 8 rings (SSSR count). The highest BCUT2D eigenvalue weighted by Gasteiger charge is 2.45. The van der Waals surface area contributed by atoms with Gasteiger partial charge in [-0.2, -0.15) is 40.6 Å². The molecule has 8 N–H and O–H groups in total. The van der Waals surface area contributed by atoms with Gasteiger partial charge < -0.3 is 41.1 Å². The largest absolute Gasteiger partial charge is 0.481 e. The molecule has 4 amide bonds. The Morgan fingerprint density at radius 3 is 1.80 bits per heavy atom. The number of hydrogen-bond acceptors (Lipinski definition) is 20. The number of nitrogens with zero attached hydrogens (tertiary/aromatic N) is 2. The molecule has 3 atom stereocenters. The lowest BCUT2D eigenvalue weighted by Gasteiger charge is -2.27. The van der Waals surface area contributed by atoms with E-state index in [1.54, 1.807) is 24.3 Å². The fraction of sp³-hybridized carbons (Fsp3) is 0.422. The smallest absolute Gasteiger partial charge is 0.425 e. The van der Waals surface area contributed by atoms with E-state index in [1.807, 2.05) is 98.8 Å². The minimum atomic E-state index is -4.48. The number of nitrogens with one attached hydrogen (secondary N) is 4. The lowest BCUT2D eigenvalue weighted by Crippen LogP contribution is -2.46. The number of urea groups is 1. The number of hydrogen-bond donors (Lipinski definition) is 8. The van der Waals surface area contributed by atoms with Crippen LogP contribution in [0.15, 0.2) is 178 Å². The fourth-order valence-electron chi connectivity index (χ4n) is 13.8. The number of carbonyl (C=O) groups excluding carboxylic acids is 9. The Balaban J connectivity index is 0.00000223. The zero-order valence-corrected chi connectivity index (χ0v) is 67.7. The van der Waals surface area contributed by atoms with E-state index in [0.717, 1.165) is 100 Å². The van der Waals surface area contributed by atoms with E-state index in [1.165, 1.54) is 12.1 Å². The Labute approximate surface area is 671 Å². The molecular formula is C83H101N6O23S3+. The number of ether oxygens (including phenoxy) is 1. The van der Waals surface area contributed by atoms with Gasteiger partial charge in [0, 0.05) is 98.6 Å². The van der Waals surface area contributed by atoms with E-state index >= 15 is 0 Å². The van der Waals surface area contributed by atoms with Crippen molar-refractivity contribution >= 4 is 102 Å². The maximum absolute atomic E-state index is 14.5. The lowest BCUT2D eigenvalue weighted by molar-refractivity contribution is -0.438. The van der Waals surface area contributed by atoms with Crippen LogP contribution in [0.5, 0.6) is 5.75 Å². The molecule has 29 nitrogen and oxygen atoms in total. The van der Waals surface area contributed by atoms with Crippen LogP contribution in [0.3, 0.4) is 0 Å². The molecule has 2 heterocycles. The number of Topliss-reactive ketones (excluding diaryl/α,β-unsaturated/α-hetero) is 2. The van der Waals surface area contributed by atoms with Gasteiger partial charge in [-0.25, -0.2) is 9.59 Å². The molecule has 3 aliphatic rings. The average Bonchev–Trinajstić information content (AvgIpc) is 1.59. The molecule has 0 unspecified atom stereocenters. The number of benzene rings is 5. The summed E-state index contributed by atoms with van der Waals surface area (Å²) in [4.78, 5) is 124. The predicted molar refractivity (Wildman–Crippen MR) is 423 cm³/mol. The number of amides is 4. The molecule has 0 fully saturated rings. The van der Waals surface area contributed by atoms with Crippen molar-refractivity contribution in [2.24, 2.45) is 5.92 Å². The van der Waals surface area contributed by atoms with Crippen LogP contribution in [-0.2, 0) is 109 Å². The molecule has 0 spiro atoms. The van der Waals surface area contributed by atoms with Gasteiger partial charge in [-0.05, 0) is 179 Å². The highest BCUT2D eigenvalue weighted by atomic mass is 32.2. The number of anilines is 1. The Hall–Kier alpha value is -11.0. The maximum Gasteiger partial charge on any atom is 0.425 e. The molecule has 618 valence electrons. The van der Waals surface area contributed by atoms with Crippen molar-refractivity contribution in [1.29, 1.82) is 0 Å². The van der Waals surface area contributed by atoms with Crippen molar-refractivity contribution in [2.45, 2.75) is 203 Å². The predicted octanol–water partition coefficient (Wildman–Crippen LogP) is 10.8. The molecule has 0 radical (unpaired) electrons. The molecule has 32 heteroatoms. The van der Waals surface area contributed by atoms with E-state index in [2.05, 4.69) is 82.7 Å². The van der Waals surface area contributed by atoms with E-state index in [9.17, 15) is 64.6 Å². The quantitative estimate of drug-likeness (QED) is 0.0103. The Morgan fingerprint density at radius 1 is 0.626 bits per heavy atom. The molecule has 115 heavy (non-hydrogen) atoms. The second-order valence-electron chi connectivity index (χ2n) is 28.7. The van der Waals surface area contributed by atoms with Crippen molar-refractivity contribution in [3.63, 3.8) is 0 Å². The first-order valence-corrected chi connectivity index (χ1v) is 41.6. The van der Waals surface area contributed by atoms with Gasteiger partial charge in [-0.15, -0.1) is 12.6 Å². The molecule has 5 aromatic rings. The Morgan fingerprint density at radius 2 is 1.21 bits per heavy atom. The normalized spacial score (nSPS) is 15.3. The van der Waals surface area contributed by atoms with Crippen molar-refractivity contribution in [1.82, 2.24) is 21.3 Å². The summed E-state index contributed by atoms with van der Waals surface area (Å²) in [6.45, 7) is 14.1. The second-order valence-corrected chi connectivity index (χ2v) is 31.9. The van der Waals surface area contributed by atoms with Gasteiger partial charge in [0.2, 0.25) is 17.5 Å². The first kappa shape index (κ1) is 94.6. The zero-order valence-electron chi connectivity index (χ0n) is 65.2. The summed E-state index contributed by atoms with van der Waals surface area (Å²) in [7, 11) is -12.1. The molecule has 0 saturated heterocycles. The maximum atomic E-state index is 14.5. The van der Waals surface area contributed by atoms with E-state index in [4.69, 9.17) is 41.6 Å². The molecule has 5 aromatic carbocycles. The Bertz CT molecular complexity index is 4820. The summed E-state index contributed by atoms with van der Waals surface area (Å²) in [5, 5.41) is 28.9. The topological polar surface area (TPSA) is 452 Å². The van der Waals surface area contributed by atoms with Crippen molar-refractivity contribution in [3.8, 4) is 5.75 Å². The van der Waals surface area contributed by atoms with Crippen molar-refractivity contribution < 1.29 is 111 Å². The minimum Gasteiger partial charge on any atom is -0.481 e. The molecule has 2 aliphatic heterocycles. The average molecular weight is 1650 g/mol. The minimum absolute atomic E-state index is 0.0369. The zero-order chi connectivity index (χ0) is 85.1. The Kier molecular flexibility index (Phi) is 38.2. The number of carboxylic acids is 2. The number of carbonyl (C=O) groups is 7. The third-order valence-electron chi connectivity index (χ3n) is 19.7. The number of rotatable bonds is 40. The van der Waals surface area contributed by atoms with Crippen LogP contribution in [0.1, 0.15) is 179 Å². The van der Waals surface area contributed by atoms with E-state index < -0.39 is 84.1 Å². The number of aliphatic carboxylic acids is 2. The second kappa shape index (κ2) is 46.4. The highest BCUT2D eigenvalue weighted by Crippen LogP contribution is 2.49. The van der Waals surface area contributed by atoms with Crippen LogP contribution in [0.2, 0.25) is 0 Å². The lowest BCUT2D eigenvalue weighted by atomic mass is 9.81. The van der Waals surface area contributed by atoms with Gasteiger partial charge in [0.15, 0.2) is 11.5 Å². The van der Waals surface area contributed by atoms with Gasteiger partial charge in [0.05, 0.1) is 21.2 Å². The van der Waals surface area contributed by atoms with Crippen LogP contribution >= 0.6 is 0 Å². The molecule has 0 saturated carbocycles. The van der Waals surface area contributed by atoms with Crippen LogP contribution < -0.4 is 30.9 Å². The third-order valence-corrected chi connectivity index (χ3v) is 21.4. The number of allylic oxidation sites excluding steroid dienone is 7. The van der Waals surface area contributed by atoms with E-state index in [-0.39, 0.29) is 110 Å². The fourth-order valence-corrected chi connectivity index (χ4v) is 14.8. The van der Waals surface area contributed by atoms with Crippen LogP contribution in [-0.4, -0.2) is 151 Å². The van der Waals surface area contributed by atoms with Gasteiger partial charge in [0.25, 0.3) is 20.2 Å².